The molecule has 22 heavy (non-hydrogen) atoms. The number of epoxide rings is 1. The van der Waals surface area contributed by atoms with Gasteiger partial charge in [-0.25, -0.2) is 0 Å². The van der Waals surface area contributed by atoms with Crippen LogP contribution in [-0.4, -0.2) is 22.4 Å². The van der Waals surface area contributed by atoms with Crippen molar-refractivity contribution >= 4 is 0 Å². The molecule has 2 rings (SSSR count). The summed E-state index contributed by atoms with van der Waals surface area (Å²) in [7, 11) is 0. The van der Waals surface area contributed by atoms with E-state index in [4.69, 9.17) is 4.74 Å². The normalized spacial score (nSPS) is 38.5. The van der Waals surface area contributed by atoms with Gasteiger partial charge in [-0.05, 0) is 78.7 Å². The predicted molar refractivity (Wildman–Crippen MR) is 92.9 cm³/mol. The van der Waals surface area contributed by atoms with Crippen LogP contribution >= 0.6 is 0 Å². The van der Waals surface area contributed by atoms with Gasteiger partial charge in [-0.1, -0.05) is 29.4 Å². The van der Waals surface area contributed by atoms with Crippen LogP contribution in [0.3, 0.4) is 0 Å². The van der Waals surface area contributed by atoms with Crippen LogP contribution in [0.2, 0.25) is 0 Å². The lowest BCUT2D eigenvalue weighted by atomic mass is 9.90. The molecule has 0 aromatic heterocycles. The van der Waals surface area contributed by atoms with E-state index in [1.165, 1.54) is 11.1 Å². The predicted octanol–water partition coefficient (Wildman–Crippen LogP) is 5.09. The summed E-state index contributed by atoms with van der Waals surface area (Å²) in [6.45, 7) is 10.4. The Kier molecular flexibility index (Phi) is 5.34. The van der Waals surface area contributed by atoms with E-state index in [1.54, 1.807) is 0 Å². The summed E-state index contributed by atoms with van der Waals surface area (Å²) in [6.07, 6.45) is 13.4. The molecule has 1 aliphatic carbocycles. The van der Waals surface area contributed by atoms with Crippen molar-refractivity contribution in [1.82, 2.24) is 0 Å². The van der Waals surface area contributed by atoms with E-state index >= 15 is 0 Å². The Bertz CT molecular complexity index is 490. The van der Waals surface area contributed by atoms with Gasteiger partial charge in [0.1, 0.15) is 0 Å². The maximum Gasteiger partial charge on any atom is 0.0923 e. The van der Waals surface area contributed by atoms with Crippen molar-refractivity contribution in [3.8, 4) is 0 Å². The summed E-state index contributed by atoms with van der Waals surface area (Å²) in [5.74, 6) is 0. The maximum absolute atomic E-state index is 10.4. The number of fused-ring (bicyclic) bond motifs is 1. The number of rotatable bonds is 1. The van der Waals surface area contributed by atoms with Crippen molar-refractivity contribution in [3.63, 3.8) is 0 Å². The number of ether oxygens (including phenoxy) is 1. The van der Waals surface area contributed by atoms with Crippen molar-refractivity contribution in [2.45, 2.75) is 90.4 Å². The van der Waals surface area contributed by atoms with Gasteiger partial charge in [0.15, 0.2) is 0 Å². The molecule has 0 bridgehead atoms. The van der Waals surface area contributed by atoms with E-state index in [0.717, 1.165) is 44.1 Å². The number of hydrogen-bond acceptors (Lipinski definition) is 2. The summed E-state index contributed by atoms with van der Waals surface area (Å²) in [5, 5.41) is 10.4. The molecule has 2 atom stereocenters. The number of hydrogen-bond donors (Lipinski definition) is 1. The van der Waals surface area contributed by atoms with Crippen LogP contribution in [0.25, 0.3) is 0 Å². The first-order chi connectivity index (χ1) is 10.2. The van der Waals surface area contributed by atoms with Crippen LogP contribution in [0, 0.1) is 0 Å². The smallest absolute Gasteiger partial charge is 0.0923 e. The van der Waals surface area contributed by atoms with Gasteiger partial charge in [-0.3, -0.25) is 0 Å². The van der Waals surface area contributed by atoms with E-state index in [-0.39, 0.29) is 5.60 Å². The molecule has 2 nitrogen and oxygen atoms in total. The average Bonchev–Trinajstić information content (AvgIpc) is 3.04. The highest BCUT2D eigenvalue weighted by atomic mass is 16.6. The Hall–Kier alpha value is -0.860. The van der Waals surface area contributed by atoms with Gasteiger partial charge in [0.05, 0.1) is 17.3 Å². The van der Waals surface area contributed by atoms with Gasteiger partial charge in [0, 0.05) is 0 Å². The Labute approximate surface area is 136 Å². The molecule has 1 heterocycles. The molecule has 0 aromatic rings. The summed E-state index contributed by atoms with van der Waals surface area (Å²) in [5.41, 5.74) is 3.25. The first kappa shape index (κ1) is 17.5. The van der Waals surface area contributed by atoms with Gasteiger partial charge < -0.3 is 9.84 Å². The minimum atomic E-state index is -0.744. The fraction of sp³-hybridized carbons (Fsp3) is 0.700. The molecule has 0 spiro atoms. The zero-order valence-electron chi connectivity index (χ0n) is 14.9. The molecule has 1 aliphatic heterocycles. The van der Waals surface area contributed by atoms with Crippen molar-refractivity contribution in [2.75, 3.05) is 0 Å². The zero-order chi connectivity index (χ0) is 16.4. The van der Waals surface area contributed by atoms with Crippen molar-refractivity contribution in [1.29, 1.82) is 0 Å². The Balaban J connectivity index is 2.16. The maximum atomic E-state index is 10.4. The second-order valence-electron chi connectivity index (χ2n) is 7.81. The molecule has 2 aliphatic rings. The third kappa shape index (κ3) is 4.82. The third-order valence-corrected chi connectivity index (χ3v) is 5.11. The molecule has 0 radical (unpaired) electrons. The Morgan fingerprint density at radius 2 is 1.86 bits per heavy atom. The monoisotopic (exact) mass is 304 g/mol. The van der Waals surface area contributed by atoms with Crippen molar-refractivity contribution < 1.29 is 9.84 Å². The van der Waals surface area contributed by atoms with E-state index in [2.05, 4.69) is 39.0 Å². The van der Waals surface area contributed by atoms with Crippen molar-refractivity contribution in [2.24, 2.45) is 0 Å². The minimum absolute atomic E-state index is 0.106. The van der Waals surface area contributed by atoms with E-state index in [0.29, 0.717) is 6.10 Å². The summed E-state index contributed by atoms with van der Waals surface area (Å²) >= 11 is 0. The lowest BCUT2D eigenvalue weighted by Crippen LogP contribution is -2.22. The first-order valence-electron chi connectivity index (χ1n) is 8.63. The van der Waals surface area contributed by atoms with Gasteiger partial charge in [0.25, 0.3) is 0 Å². The average molecular weight is 304 g/mol. The second kappa shape index (κ2) is 6.72. The molecule has 0 saturated carbocycles. The fourth-order valence-electron chi connectivity index (χ4n) is 3.19. The topological polar surface area (TPSA) is 32.8 Å². The fourth-order valence-corrected chi connectivity index (χ4v) is 3.19. The molecular formula is C20H32O2. The number of aliphatic hydroxyl groups is 1. The SMILES string of the molecule is C/C1=C/C=C(/C(C)(C)O)CC/C(C)=C/CC[C@]2(C)O[C@H]2CC1. The molecule has 0 amide bonds. The van der Waals surface area contributed by atoms with Crippen LogP contribution in [-0.2, 0) is 4.74 Å². The van der Waals surface area contributed by atoms with Crippen molar-refractivity contribution in [3.05, 3.63) is 34.9 Å². The molecule has 124 valence electrons. The molecule has 1 saturated heterocycles. The van der Waals surface area contributed by atoms with Gasteiger partial charge >= 0.3 is 0 Å². The first-order valence-corrected chi connectivity index (χ1v) is 8.63. The largest absolute Gasteiger partial charge is 0.386 e. The highest BCUT2D eigenvalue weighted by molar-refractivity contribution is 5.24. The summed E-state index contributed by atoms with van der Waals surface area (Å²) in [4.78, 5) is 0. The highest BCUT2D eigenvalue weighted by Crippen LogP contribution is 2.43. The van der Waals surface area contributed by atoms with E-state index < -0.39 is 5.60 Å². The molecule has 1 fully saturated rings. The molecular weight excluding hydrogens is 272 g/mol. The van der Waals surface area contributed by atoms with E-state index in [1.807, 2.05) is 13.8 Å². The quantitative estimate of drug-likeness (QED) is 0.541. The molecule has 2 heteroatoms. The summed E-state index contributed by atoms with van der Waals surface area (Å²) < 4.78 is 5.93. The lowest BCUT2D eigenvalue weighted by Gasteiger charge is -2.22. The lowest BCUT2D eigenvalue weighted by molar-refractivity contribution is 0.116. The van der Waals surface area contributed by atoms with Crippen LogP contribution in [0.4, 0.5) is 0 Å². The molecule has 1 N–H and O–H groups in total. The van der Waals surface area contributed by atoms with Gasteiger partial charge in [-0.15, -0.1) is 0 Å². The number of allylic oxidation sites excluding steroid dienone is 5. The third-order valence-electron chi connectivity index (χ3n) is 5.11. The Morgan fingerprint density at radius 3 is 2.55 bits per heavy atom. The molecule has 0 aromatic carbocycles. The summed E-state index contributed by atoms with van der Waals surface area (Å²) in [6, 6.07) is 0. The Morgan fingerprint density at radius 1 is 1.14 bits per heavy atom. The minimum Gasteiger partial charge on any atom is -0.386 e. The van der Waals surface area contributed by atoms with Crippen LogP contribution in [0.5, 0.6) is 0 Å². The molecule has 0 unspecified atom stereocenters. The van der Waals surface area contributed by atoms with Crippen LogP contribution < -0.4 is 0 Å². The highest BCUT2D eigenvalue weighted by Gasteiger charge is 2.50. The standard InChI is InChI=1S/C20H32O2/c1-15-7-6-14-20(5)18(22-20)13-10-16(2)9-12-17(11-8-15)19(3,4)21/h7,9,12,18,21H,6,8,10-11,13-14H2,1-5H3/b15-7+,16-9-,17-12+/t18-,20-/m0/s1. The van der Waals surface area contributed by atoms with Crippen LogP contribution in [0.1, 0.15) is 73.1 Å². The second-order valence-corrected chi connectivity index (χ2v) is 7.81. The van der Waals surface area contributed by atoms with Crippen LogP contribution in [0.15, 0.2) is 34.9 Å². The van der Waals surface area contributed by atoms with E-state index in [9.17, 15) is 5.11 Å². The van der Waals surface area contributed by atoms with Gasteiger partial charge in [0.2, 0.25) is 0 Å². The van der Waals surface area contributed by atoms with Gasteiger partial charge in [-0.2, -0.15) is 0 Å². The zero-order valence-corrected chi connectivity index (χ0v) is 14.9.